The minimum absolute atomic E-state index is 0.232. The van der Waals surface area contributed by atoms with Crippen LogP contribution in [0.3, 0.4) is 0 Å². The number of amides is 1. The number of halogens is 2. The van der Waals surface area contributed by atoms with Gasteiger partial charge < -0.3 is 14.2 Å². The van der Waals surface area contributed by atoms with Crippen molar-refractivity contribution >= 4 is 50.3 Å². The Morgan fingerprint density at radius 1 is 1.23 bits per heavy atom. The molecular weight excluding hydrogens is 515 g/mol. The molecule has 8 heteroatoms. The van der Waals surface area contributed by atoms with Crippen molar-refractivity contribution in [3.8, 4) is 11.5 Å². The number of hydrazone groups is 1. The van der Waals surface area contributed by atoms with Crippen LogP contribution in [-0.4, -0.2) is 31.0 Å². The van der Waals surface area contributed by atoms with E-state index in [1.54, 1.807) is 20.3 Å². The summed E-state index contributed by atoms with van der Waals surface area (Å²) in [4.78, 5) is 12.1. The van der Waals surface area contributed by atoms with E-state index in [0.29, 0.717) is 23.0 Å². The van der Waals surface area contributed by atoms with Crippen molar-refractivity contribution in [2.75, 3.05) is 14.2 Å². The maximum atomic E-state index is 12.1. The van der Waals surface area contributed by atoms with E-state index in [4.69, 9.17) is 14.2 Å². The number of hydrogen-bond acceptors (Lipinski definition) is 5. The van der Waals surface area contributed by atoms with Crippen molar-refractivity contribution in [3.63, 3.8) is 0 Å². The molecule has 1 atom stereocenters. The van der Waals surface area contributed by atoms with Gasteiger partial charge in [-0.25, -0.2) is 0 Å². The third-order valence-corrected chi connectivity index (χ3v) is 5.10. The fraction of sp³-hybridized carbons (Fsp3) is 0.222. The summed E-state index contributed by atoms with van der Waals surface area (Å²) in [6.45, 7) is 1.45. The Hall–Kier alpha value is -1.81. The summed E-state index contributed by atoms with van der Waals surface area (Å²) in [6, 6.07) is 11.3. The first-order valence-corrected chi connectivity index (χ1v) is 9.54. The first-order valence-electron chi connectivity index (χ1n) is 7.67. The van der Waals surface area contributed by atoms with Crippen LogP contribution < -0.4 is 9.47 Å². The van der Waals surface area contributed by atoms with Gasteiger partial charge in [-0.3, -0.25) is 4.79 Å². The van der Waals surface area contributed by atoms with Crippen LogP contribution in [0.25, 0.3) is 0 Å². The molecule has 1 aliphatic heterocycles. The van der Waals surface area contributed by atoms with E-state index in [1.807, 2.05) is 30.3 Å². The summed E-state index contributed by atoms with van der Waals surface area (Å²) in [5, 5.41) is 5.69. The van der Waals surface area contributed by atoms with Crippen LogP contribution in [0.2, 0.25) is 0 Å². The molecule has 0 N–H and O–H groups in total. The Kier molecular flexibility index (Phi) is 5.71. The van der Waals surface area contributed by atoms with Crippen LogP contribution in [-0.2, 0) is 9.53 Å². The van der Waals surface area contributed by atoms with E-state index >= 15 is 0 Å². The smallest absolute Gasteiger partial charge is 0.243 e. The van der Waals surface area contributed by atoms with Gasteiger partial charge in [-0.05, 0) is 62.8 Å². The van der Waals surface area contributed by atoms with E-state index < -0.39 is 6.23 Å². The highest BCUT2D eigenvalue weighted by Gasteiger charge is 2.35. The summed E-state index contributed by atoms with van der Waals surface area (Å²) < 4.78 is 18.6. The molecular formula is C18H16BrIN2O4. The molecule has 1 amide bonds. The molecule has 0 radical (unpaired) electrons. The van der Waals surface area contributed by atoms with Crippen LogP contribution in [0, 0.1) is 3.57 Å². The largest absolute Gasteiger partial charge is 0.496 e. The third-order valence-electron chi connectivity index (χ3n) is 3.81. The first-order chi connectivity index (χ1) is 12.4. The van der Waals surface area contributed by atoms with E-state index in [-0.39, 0.29) is 5.91 Å². The summed E-state index contributed by atoms with van der Waals surface area (Å²) in [5.74, 6) is 1.32. The van der Waals surface area contributed by atoms with Gasteiger partial charge in [-0.1, -0.05) is 6.07 Å². The van der Waals surface area contributed by atoms with Crippen molar-refractivity contribution < 1.29 is 19.0 Å². The van der Waals surface area contributed by atoms with Crippen LogP contribution >= 0.6 is 38.5 Å². The maximum Gasteiger partial charge on any atom is 0.243 e. The van der Waals surface area contributed by atoms with E-state index in [2.05, 4.69) is 43.6 Å². The molecule has 0 bridgehead atoms. The quantitative estimate of drug-likeness (QED) is 0.553. The van der Waals surface area contributed by atoms with Crippen LogP contribution in [0.4, 0.5) is 0 Å². The first kappa shape index (κ1) is 19.0. The molecule has 3 rings (SSSR count). The van der Waals surface area contributed by atoms with E-state index in [9.17, 15) is 4.79 Å². The Balaban J connectivity index is 2.03. The number of rotatable bonds is 4. The van der Waals surface area contributed by atoms with Gasteiger partial charge in [-0.15, -0.1) is 5.10 Å². The summed E-state index contributed by atoms with van der Waals surface area (Å²) in [7, 11) is 3.13. The molecule has 0 saturated carbocycles. The zero-order chi connectivity index (χ0) is 18.8. The molecule has 0 aromatic heterocycles. The summed E-state index contributed by atoms with van der Waals surface area (Å²) in [5.41, 5.74) is 1.47. The lowest BCUT2D eigenvalue weighted by Crippen LogP contribution is -2.25. The summed E-state index contributed by atoms with van der Waals surface area (Å²) >= 11 is 5.69. The number of carbonyl (C=O) groups is 1. The molecule has 0 saturated heterocycles. The number of methoxy groups -OCH3 is 2. The monoisotopic (exact) mass is 530 g/mol. The molecule has 0 aliphatic carbocycles. The van der Waals surface area contributed by atoms with Crippen molar-refractivity contribution in [3.05, 3.63) is 55.6 Å². The SMILES string of the molecule is COc1cc(OC)c([C@@H]2OC(c3cccc(I)c3)=NN2C(C)=O)cc1Br. The predicted octanol–water partition coefficient (Wildman–Crippen LogP) is 4.31. The minimum Gasteiger partial charge on any atom is -0.496 e. The highest BCUT2D eigenvalue weighted by molar-refractivity contribution is 14.1. The number of carbonyl (C=O) groups excluding carboxylic acids is 1. The lowest BCUT2D eigenvalue weighted by atomic mass is 10.1. The van der Waals surface area contributed by atoms with Gasteiger partial charge in [0.05, 0.1) is 24.3 Å². The standard InChI is InChI=1S/C18H16BrIN2O4/c1-10(23)22-18(13-8-14(19)16(25-3)9-15(13)24-2)26-17(21-22)11-5-4-6-12(20)7-11/h4-9,18H,1-3H3/t18-/m0/s1. The predicted molar refractivity (Wildman–Crippen MR) is 109 cm³/mol. The van der Waals surface area contributed by atoms with Gasteiger partial charge >= 0.3 is 0 Å². The molecule has 1 heterocycles. The Morgan fingerprint density at radius 3 is 2.58 bits per heavy atom. The number of ether oxygens (including phenoxy) is 3. The van der Waals surface area contributed by atoms with Gasteiger partial charge in [0.25, 0.3) is 0 Å². The van der Waals surface area contributed by atoms with Crippen molar-refractivity contribution in [1.29, 1.82) is 0 Å². The lowest BCUT2D eigenvalue weighted by molar-refractivity contribution is -0.135. The molecule has 0 fully saturated rings. The van der Waals surface area contributed by atoms with Gasteiger partial charge in [0.15, 0.2) is 0 Å². The molecule has 0 unspecified atom stereocenters. The zero-order valence-corrected chi connectivity index (χ0v) is 18.1. The molecule has 136 valence electrons. The summed E-state index contributed by atoms with van der Waals surface area (Å²) in [6.07, 6.45) is -0.725. The molecule has 26 heavy (non-hydrogen) atoms. The van der Waals surface area contributed by atoms with Gasteiger partial charge in [0.1, 0.15) is 11.5 Å². The second kappa shape index (κ2) is 7.83. The Bertz CT molecular complexity index is 887. The van der Waals surface area contributed by atoms with Crippen LogP contribution in [0.1, 0.15) is 24.3 Å². The molecule has 1 aliphatic rings. The average molecular weight is 531 g/mol. The zero-order valence-electron chi connectivity index (χ0n) is 14.3. The average Bonchev–Trinajstić information content (AvgIpc) is 3.07. The van der Waals surface area contributed by atoms with Crippen LogP contribution in [0.5, 0.6) is 11.5 Å². The normalized spacial score (nSPS) is 16.1. The highest BCUT2D eigenvalue weighted by Crippen LogP contribution is 2.40. The van der Waals surface area contributed by atoms with E-state index in [0.717, 1.165) is 13.6 Å². The Morgan fingerprint density at radius 2 is 1.96 bits per heavy atom. The topological polar surface area (TPSA) is 60.4 Å². The molecule has 2 aromatic rings. The second-order valence-corrected chi connectivity index (χ2v) is 7.58. The van der Waals surface area contributed by atoms with Gasteiger partial charge in [0.2, 0.25) is 18.0 Å². The van der Waals surface area contributed by atoms with Crippen molar-refractivity contribution in [2.45, 2.75) is 13.2 Å². The van der Waals surface area contributed by atoms with Crippen LogP contribution in [0.15, 0.2) is 46.0 Å². The molecule has 6 nitrogen and oxygen atoms in total. The Labute approximate surface area is 173 Å². The van der Waals surface area contributed by atoms with Crippen molar-refractivity contribution in [1.82, 2.24) is 5.01 Å². The minimum atomic E-state index is -0.725. The van der Waals surface area contributed by atoms with Crippen molar-refractivity contribution in [2.24, 2.45) is 5.10 Å². The van der Waals surface area contributed by atoms with Gasteiger partial charge in [-0.2, -0.15) is 5.01 Å². The lowest BCUT2D eigenvalue weighted by Gasteiger charge is -2.22. The molecule has 2 aromatic carbocycles. The third kappa shape index (κ3) is 3.66. The number of nitrogens with zero attached hydrogens (tertiary/aromatic N) is 2. The fourth-order valence-electron chi connectivity index (χ4n) is 2.58. The van der Waals surface area contributed by atoms with Gasteiger partial charge in [0, 0.05) is 22.1 Å². The highest BCUT2D eigenvalue weighted by atomic mass is 127. The molecule has 0 spiro atoms. The maximum absolute atomic E-state index is 12.1. The number of benzene rings is 2. The van der Waals surface area contributed by atoms with E-state index in [1.165, 1.54) is 11.9 Å². The fourth-order valence-corrected chi connectivity index (χ4v) is 3.65. The second-order valence-electron chi connectivity index (χ2n) is 5.48. The number of hydrogen-bond donors (Lipinski definition) is 0.